The molecule has 0 bridgehead atoms. The summed E-state index contributed by atoms with van der Waals surface area (Å²) in [6.45, 7) is 4.00. The molecule has 0 saturated carbocycles. The number of anilines is 1. The summed E-state index contributed by atoms with van der Waals surface area (Å²) in [6, 6.07) is 21.8. The summed E-state index contributed by atoms with van der Waals surface area (Å²) < 4.78 is 0. The number of fused-ring (bicyclic) bond motifs is 2. The minimum absolute atomic E-state index is 0.287. The van der Waals surface area contributed by atoms with Crippen molar-refractivity contribution in [1.29, 1.82) is 0 Å². The topological polar surface area (TPSA) is 82.5 Å². The molecule has 1 aromatic heterocycles. The van der Waals surface area contributed by atoms with Gasteiger partial charge in [-0.15, -0.1) is 0 Å². The number of aromatic carboxylic acids is 1. The van der Waals surface area contributed by atoms with Gasteiger partial charge in [-0.1, -0.05) is 61.0 Å². The predicted octanol–water partition coefficient (Wildman–Crippen LogP) is 6.21. The van der Waals surface area contributed by atoms with Gasteiger partial charge in [0.1, 0.15) is 0 Å². The number of halogens is 1. The fourth-order valence-corrected chi connectivity index (χ4v) is 4.82. The van der Waals surface area contributed by atoms with Gasteiger partial charge in [0.15, 0.2) is 0 Å². The van der Waals surface area contributed by atoms with Crippen LogP contribution in [-0.4, -0.2) is 40.0 Å². The molecule has 3 aromatic carbocycles. The molecule has 0 fully saturated rings. The molecule has 1 aliphatic heterocycles. The SMILES string of the molecule is CCN1C/C(=C/c2cccc(NC(=O)c3ccccc3Cl)c2)c2nc3ccccc3c(C(=O)O)c2C1. The van der Waals surface area contributed by atoms with E-state index in [1.807, 2.05) is 54.6 Å². The van der Waals surface area contributed by atoms with Crippen LogP contribution in [0.2, 0.25) is 5.02 Å². The number of likely N-dealkylation sites (N-methyl/N-ethyl adjacent to an activating group) is 1. The molecule has 2 heterocycles. The zero-order valence-electron chi connectivity index (χ0n) is 19.7. The third-order valence-electron chi connectivity index (χ3n) is 6.34. The number of rotatable bonds is 5. The molecule has 0 saturated heterocycles. The van der Waals surface area contributed by atoms with E-state index in [1.165, 1.54) is 0 Å². The quantitative estimate of drug-likeness (QED) is 0.342. The number of nitrogens with one attached hydrogen (secondary N) is 1. The third kappa shape index (κ3) is 4.61. The number of nitrogens with zero attached hydrogens (tertiary/aromatic N) is 2. The Morgan fingerprint density at radius 2 is 1.83 bits per heavy atom. The first-order valence-electron chi connectivity index (χ1n) is 11.7. The fraction of sp³-hybridized carbons (Fsp3) is 0.138. The minimum Gasteiger partial charge on any atom is -0.478 e. The summed E-state index contributed by atoms with van der Waals surface area (Å²) in [7, 11) is 0. The first kappa shape index (κ1) is 23.7. The van der Waals surface area contributed by atoms with Crippen LogP contribution >= 0.6 is 11.6 Å². The Morgan fingerprint density at radius 3 is 2.61 bits per heavy atom. The Morgan fingerprint density at radius 1 is 1.06 bits per heavy atom. The van der Waals surface area contributed by atoms with E-state index in [0.717, 1.165) is 23.2 Å². The van der Waals surface area contributed by atoms with Crippen molar-refractivity contribution in [3.8, 4) is 0 Å². The van der Waals surface area contributed by atoms with Gasteiger partial charge in [0, 0.05) is 29.7 Å². The molecule has 6 nitrogen and oxygen atoms in total. The van der Waals surface area contributed by atoms with Crippen LogP contribution in [0.3, 0.4) is 0 Å². The van der Waals surface area contributed by atoms with E-state index in [-0.39, 0.29) is 5.91 Å². The van der Waals surface area contributed by atoms with Gasteiger partial charge in [-0.05, 0) is 54.1 Å². The fourth-order valence-electron chi connectivity index (χ4n) is 4.60. The van der Waals surface area contributed by atoms with Crippen LogP contribution in [0.5, 0.6) is 0 Å². The number of carbonyl (C=O) groups is 2. The zero-order valence-corrected chi connectivity index (χ0v) is 20.4. The molecule has 5 rings (SSSR count). The number of amides is 1. The van der Waals surface area contributed by atoms with Crippen LogP contribution in [0.4, 0.5) is 5.69 Å². The van der Waals surface area contributed by atoms with Crippen molar-refractivity contribution in [3.63, 3.8) is 0 Å². The lowest BCUT2D eigenvalue weighted by atomic mass is 9.92. The summed E-state index contributed by atoms with van der Waals surface area (Å²) >= 11 is 6.17. The number of para-hydroxylation sites is 1. The smallest absolute Gasteiger partial charge is 0.336 e. The molecule has 0 radical (unpaired) electrons. The van der Waals surface area contributed by atoms with E-state index in [4.69, 9.17) is 16.6 Å². The van der Waals surface area contributed by atoms with Crippen molar-refractivity contribution < 1.29 is 14.7 Å². The minimum atomic E-state index is -0.952. The van der Waals surface area contributed by atoms with Crippen molar-refractivity contribution in [2.45, 2.75) is 13.5 Å². The van der Waals surface area contributed by atoms with Gasteiger partial charge in [-0.3, -0.25) is 9.69 Å². The van der Waals surface area contributed by atoms with Gasteiger partial charge in [-0.25, -0.2) is 9.78 Å². The highest BCUT2D eigenvalue weighted by atomic mass is 35.5. The molecule has 180 valence electrons. The molecule has 7 heteroatoms. The van der Waals surface area contributed by atoms with Crippen LogP contribution in [-0.2, 0) is 6.54 Å². The van der Waals surface area contributed by atoms with E-state index in [0.29, 0.717) is 51.5 Å². The highest BCUT2D eigenvalue weighted by Gasteiger charge is 2.27. The van der Waals surface area contributed by atoms with Gasteiger partial charge in [0.2, 0.25) is 0 Å². The van der Waals surface area contributed by atoms with E-state index >= 15 is 0 Å². The molecule has 0 spiro atoms. The Balaban J connectivity index is 1.56. The van der Waals surface area contributed by atoms with Gasteiger partial charge in [-0.2, -0.15) is 0 Å². The Bertz CT molecular complexity index is 1530. The number of benzene rings is 3. The maximum absolute atomic E-state index is 12.7. The van der Waals surface area contributed by atoms with Crippen molar-refractivity contribution >= 4 is 51.7 Å². The van der Waals surface area contributed by atoms with Crippen molar-refractivity contribution in [2.24, 2.45) is 0 Å². The summed E-state index contributed by atoms with van der Waals surface area (Å²) in [5.74, 6) is -1.24. The van der Waals surface area contributed by atoms with Crippen molar-refractivity contribution in [1.82, 2.24) is 9.88 Å². The maximum Gasteiger partial charge on any atom is 0.336 e. The highest BCUT2D eigenvalue weighted by Crippen LogP contribution is 2.34. The number of carbonyl (C=O) groups excluding carboxylic acids is 1. The molecule has 1 amide bonds. The predicted molar refractivity (Wildman–Crippen MR) is 143 cm³/mol. The molecule has 1 aliphatic rings. The third-order valence-corrected chi connectivity index (χ3v) is 6.67. The van der Waals surface area contributed by atoms with Crippen LogP contribution < -0.4 is 5.32 Å². The normalized spacial score (nSPS) is 14.6. The van der Waals surface area contributed by atoms with Crippen LogP contribution in [0, 0.1) is 0 Å². The Labute approximate surface area is 213 Å². The number of hydrogen-bond acceptors (Lipinski definition) is 4. The van der Waals surface area contributed by atoms with E-state index in [2.05, 4.69) is 17.1 Å². The van der Waals surface area contributed by atoms with Crippen LogP contribution in [0.25, 0.3) is 22.6 Å². The molecule has 0 unspecified atom stereocenters. The Kier molecular flexibility index (Phi) is 6.55. The second-order valence-electron chi connectivity index (χ2n) is 8.67. The summed E-state index contributed by atoms with van der Waals surface area (Å²) in [5, 5.41) is 14.0. The van der Waals surface area contributed by atoms with E-state index in [1.54, 1.807) is 24.3 Å². The first-order valence-corrected chi connectivity index (χ1v) is 12.1. The zero-order chi connectivity index (χ0) is 25.2. The van der Waals surface area contributed by atoms with E-state index < -0.39 is 5.97 Å². The lowest BCUT2D eigenvalue weighted by molar-refractivity contribution is 0.0696. The maximum atomic E-state index is 12.7. The molecule has 2 N–H and O–H groups in total. The Hall–Kier alpha value is -4.00. The first-order chi connectivity index (χ1) is 17.4. The van der Waals surface area contributed by atoms with E-state index in [9.17, 15) is 14.7 Å². The monoisotopic (exact) mass is 497 g/mol. The van der Waals surface area contributed by atoms with Crippen LogP contribution in [0.1, 0.15) is 44.5 Å². The average molecular weight is 498 g/mol. The number of carboxylic acid groups (broad SMARTS) is 1. The van der Waals surface area contributed by atoms with Gasteiger partial charge in [0.25, 0.3) is 5.91 Å². The number of pyridine rings is 1. The molecular formula is C29H24ClN3O3. The second kappa shape index (κ2) is 9.93. The number of hydrogen-bond donors (Lipinski definition) is 2. The standard InChI is InChI=1S/C29H24ClN3O3/c1-2-33-16-19(27-23(17-33)26(29(35)36)22-11-4-6-13-25(22)32-27)14-18-8-7-9-20(15-18)31-28(34)21-10-3-5-12-24(21)30/h3-15H,2,16-17H2,1H3,(H,31,34)(H,35,36)/b19-14-. The average Bonchev–Trinajstić information content (AvgIpc) is 2.87. The second-order valence-corrected chi connectivity index (χ2v) is 9.08. The van der Waals surface area contributed by atoms with Gasteiger partial charge in [0.05, 0.1) is 27.4 Å². The van der Waals surface area contributed by atoms with Crippen molar-refractivity contribution in [3.05, 3.63) is 106 Å². The molecular weight excluding hydrogens is 474 g/mol. The highest BCUT2D eigenvalue weighted by molar-refractivity contribution is 6.34. The summed E-state index contributed by atoms with van der Waals surface area (Å²) in [4.78, 5) is 32.1. The van der Waals surface area contributed by atoms with Gasteiger partial charge < -0.3 is 10.4 Å². The molecule has 4 aromatic rings. The lowest BCUT2D eigenvalue weighted by Crippen LogP contribution is -2.31. The van der Waals surface area contributed by atoms with Crippen molar-refractivity contribution in [2.75, 3.05) is 18.4 Å². The van der Waals surface area contributed by atoms with Gasteiger partial charge >= 0.3 is 5.97 Å². The largest absolute Gasteiger partial charge is 0.478 e. The van der Waals surface area contributed by atoms with Crippen LogP contribution in [0.15, 0.2) is 72.8 Å². The molecule has 0 aliphatic carbocycles. The molecule has 0 atom stereocenters. The lowest BCUT2D eigenvalue weighted by Gasteiger charge is -2.30. The number of carboxylic acids is 1. The summed E-state index contributed by atoms with van der Waals surface area (Å²) in [5.41, 5.74) is 5.24. The summed E-state index contributed by atoms with van der Waals surface area (Å²) in [6.07, 6.45) is 2.01. The number of aromatic nitrogens is 1. The molecule has 36 heavy (non-hydrogen) atoms.